The van der Waals surface area contributed by atoms with Gasteiger partial charge >= 0.3 is 0 Å². The van der Waals surface area contributed by atoms with E-state index in [9.17, 15) is 4.79 Å². The van der Waals surface area contributed by atoms with Crippen molar-refractivity contribution < 1.29 is 9.53 Å². The highest BCUT2D eigenvalue weighted by molar-refractivity contribution is 5.77. The summed E-state index contributed by atoms with van der Waals surface area (Å²) in [4.78, 5) is 11.6. The number of amides is 1. The van der Waals surface area contributed by atoms with Crippen molar-refractivity contribution in [1.29, 1.82) is 0 Å². The second kappa shape index (κ2) is 6.36. The zero-order valence-corrected chi connectivity index (χ0v) is 10.5. The van der Waals surface area contributed by atoms with Crippen molar-refractivity contribution in [3.8, 4) is 0 Å². The first kappa shape index (κ1) is 12.8. The van der Waals surface area contributed by atoms with E-state index >= 15 is 0 Å². The summed E-state index contributed by atoms with van der Waals surface area (Å²) in [5, 5.41) is 3.06. The Labute approximate surface area is 103 Å². The molecule has 2 aliphatic carbocycles. The first-order valence-electron chi connectivity index (χ1n) is 6.89. The van der Waals surface area contributed by atoms with E-state index in [0.29, 0.717) is 12.0 Å². The Morgan fingerprint density at radius 2 is 1.94 bits per heavy atom. The molecule has 2 fully saturated rings. The third-order valence-electron chi connectivity index (χ3n) is 3.95. The van der Waals surface area contributed by atoms with Gasteiger partial charge in [-0.25, -0.2) is 0 Å². The van der Waals surface area contributed by atoms with Gasteiger partial charge in [0.15, 0.2) is 0 Å². The van der Waals surface area contributed by atoms with Crippen LogP contribution < -0.4 is 11.1 Å². The molecule has 2 rings (SSSR count). The lowest BCUT2D eigenvalue weighted by Crippen LogP contribution is -2.41. The largest absolute Gasteiger partial charge is 0.368 e. The molecule has 0 heterocycles. The van der Waals surface area contributed by atoms with E-state index in [2.05, 4.69) is 5.32 Å². The fraction of sp³-hybridized carbons (Fsp3) is 0.923. The minimum absolute atomic E-state index is 0.0492. The molecule has 0 aromatic rings. The van der Waals surface area contributed by atoms with Crippen molar-refractivity contribution in [3.05, 3.63) is 0 Å². The maximum atomic E-state index is 11.6. The molecule has 0 saturated heterocycles. The van der Waals surface area contributed by atoms with Gasteiger partial charge in [-0.05, 0) is 38.1 Å². The van der Waals surface area contributed by atoms with E-state index < -0.39 is 0 Å². The Balaban J connectivity index is 1.55. The third-order valence-corrected chi connectivity index (χ3v) is 3.95. The summed E-state index contributed by atoms with van der Waals surface area (Å²) >= 11 is 0. The molecule has 3 N–H and O–H groups in total. The molecule has 98 valence electrons. The van der Waals surface area contributed by atoms with Crippen LogP contribution in [-0.2, 0) is 9.53 Å². The quantitative estimate of drug-likeness (QED) is 0.758. The second-order valence-electron chi connectivity index (χ2n) is 5.41. The Morgan fingerprint density at radius 3 is 2.59 bits per heavy atom. The van der Waals surface area contributed by atoms with Gasteiger partial charge in [-0.3, -0.25) is 4.79 Å². The first-order valence-corrected chi connectivity index (χ1v) is 6.89. The fourth-order valence-electron chi connectivity index (χ4n) is 2.71. The van der Waals surface area contributed by atoms with Crippen LogP contribution in [-0.4, -0.2) is 31.2 Å². The third kappa shape index (κ3) is 3.96. The highest BCUT2D eigenvalue weighted by atomic mass is 16.5. The van der Waals surface area contributed by atoms with Crippen molar-refractivity contribution >= 4 is 5.91 Å². The van der Waals surface area contributed by atoms with Gasteiger partial charge in [-0.15, -0.1) is 0 Å². The number of hydrogen-bond acceptors (Lipinski definition) is 3. The molecule has 0 aromatic heterocycles. The van der Waals surface area contributed by atoms with Gasteiger partial charge in [-0.1, -0.05) is 19.3 Å². The molecule has 0 radical (unpaired) electrons. The average molecular weight is 240 g/mol. The molecule has 0 aromatic carbocycles. The lowest BCUT2D eigenvalue weighted by Gasteiger charge is -2.34. The molecule has 1 amide bonds. The summed E-state index contributed by atoms with van der Waals surface area (Å²) in [7, 11) is 0. The average Bonchev–Trinajstić information content (AvgIpc) is 2.28. The Morgan fingerprint density at radius 1 is 1.24 bits per heavy atom. The van der Waals surface area contributed by atoms with Gasteiger partial charge in [-0.2, -0.15) is 0 Å². The number of nitrogens with two attached hydrogens (primary N) is 1. The minimum atomic E-state index is 0.0492. The molecule has 2 saturated carbocycles. The predicted octanol–water partition coefficient (Wildman–Crippen LogP) is 1.19. The lowest BCUT2D eigenvalue weighted by molar-refractivity contribution is -0.131. The van der Waals surface area contributed by atoms with Gasteiger partial charge < -0.3 is 15.8 Å². The van der Waals surface area contributed by atoms with Crippen LogP contribution in [0.4, 0.5) is 0 Å². The fourth-order valence-corrected chi connectivity index (χ4v) is 2.71. The number of carbonyl (C=O) groups excluding carboxylic acids is 1. The molecule has 0 aliphatic heterocycles. The van der Waals surface area contributed by atoms with Crippen molar-refractivity contribution in [2.24, 2.45) is 11.7 Å². The van der Waals surface area contributed by atoms with Gasteiger partial charge in [0.05, 0.1) is 6.10 Å². The van der Waals surface area contributed by atoms with Gasteiger partial charge in [0, 0.05) is 6.04 Å². The topological polar surface area (TPSA) is 64.3 Å². The highest BCUT2D eigenvalue weighted by Gasteiger charge is 2.29. The molecule has 0 unspecified atom stereocenters. The van der Waals surface area contributed by atoms with Crippen molar-refractivity contribution in [1.82, 2.24) is 5.32 Å². The van der Waals surface area contributed by atoms with Crippen molar-refractivity contribution in [2.75, 3.05) is 13.2 Å². The molecule has 0 atom stereocenters. The highest BCUT2D eigenvalue weighted by Crippen LogP contribution is 2.28. The van der Waals surface area contributed by atoms with Crippen molar-refractivity contribution in [3.63, 3.8) is 0 Å². The van der Waals surface area contributed by atoms with Gasteiger partial charge in [0.1, 0.15) is 6.61 Å². The zero-order chi connectivity index (χ0) is 12.1. The maximum absolute atomic E-state index is 11.6. The van der Waals surface area contributed by atoms with Crippen LogP contribution in [0, 0.1) is 5.92 Å². The van der Waals surface area contributed by atoms with Crippen LogP contribution in [0.25, 0.3) is 0 Å². The van der Waals surface area contributed by atoms with Crippen LogP contribution in [0.2, 0.25) is 0 Å². The van der Waals surface area contributed by atoms with Crippen LogP contribution in [0.5, 0.6) is 0 Å². The second-order valence-corrected chi connectivity index (χ2v) is 5.41. The summed E-state index contributed by atoms with van der Waals surface area (Å²) in [5.41, 5.74) is 5.54. The van der Waals surface area contributed by atoms with Crippen LogP contribution in [0.15, 0.2) is 0 Å². The molecule has 4 nitrogen and oxygen atoms in total. The van der Waals surface area contributed by atoms with E-state index in [-0.39, 0.29) is 18.6 Å². The van der Waals surface area contributed by atoms with Crippen LogP contribution >= 0.6 is 0 Å². The van der Waals surface area contributed by atoms with E-state index in [1.807, 2.05) is 0 Å². The molecular formula is C13H24N2O2. The standard InChI is InChI=1S/C13H24N2O2/c14-8-10-6-12(7-10)17-9-13(16)15-11-4-2-1-3-5-11/h10-12H,1-9,14H2,(H,15,16). The summed E-state index contributed by atoms with van der Waals surface area (Å²) < 4.78 is 5.55. The molecular weight excluding hydrogens is 216 g/mol. The number of rotatable bonds is 5. The van der Waals surface area contributed by atoms with Crippen molar-refractivity contribution in [2.45, 2.75) is 57.1 Å². The maximum Gasteiger partial charge on any atom is 0.246 e. The number of carbonyl (C=O) groups is 1. The molecule has 0 bridgehead atoms. The summed E-state index contributed by atoms with van der Waals surface area (Å²) in [5.74, 6) is 0.662. The monoisotopic (exact) mass is 240 g/mol. The normalized spacial score (nSPS) is 29.7. The summed E-state index contributed by atoms with van der Waals surface area (Å²) in [6.07, 6.45) is 8.36. The Kier molecular flexibility index (Phi) is 4.80. The van der Waals surface area contributed by atoms with Crippen LogP contribution in [0.3, 0.4) is 0 Å². The lowest BCUT2D eigenvalue weighted by atomic mass is 9.82. The van der Waals surface area contributed by atoms with E-state index in [1.54, 1.807) is 0 Å². The summed E-state index contributed by atoms with van der Waals surface area (Å²) in [6.45, 7) is 0.965. The van der Waals surface area contributed by atoms with E-state index in [0.717, 1.165) is 32.2 Å². The molecule has 17 heavy (non-hydrogen) atoms. The van der Waals surface area contributed by atoms with Gasteiger partial charge in [0.2, 0.25) is 5.91 Å². The molecule has 0 spiro atoms. The van der Waals surface area contributed by atoms with Crippen LogP contribution in [0.1, 0.15) is 44.9 Å². The van der Waals surface area contributed by atoms with E-state index in [4.69, 9.17) is 10.5 Å². The minimum Gasteiger partial charge on any atom is -0.368 e. The van der Waals surface area contributed by atoms with Gasteiger partial charge in [0.25, 0.3) is 0 Å². The summed E-state index contributed by atoms with van der Waals surface area (Å²) in [6, 6.07) is 0.387. The van der Waals surface area contributed by atoms with E-state index in [1.165, 1.54) is 19.3 Å². The Bertz CT molecular complexity index is 246. The molecule has 4 heteroatoms. The SMILES string of the molecule is NCC1CC(OCC(=O)NC2CCCCC2)C1. The zero-order valence-electron chi connectivity index (χ0n) is 10.5. The number of nitrogens with one attached hydrogen (secondary N) is 1. The molecule has 2 aliphatic rings. The Hall–Kier alpha value is -0.610. The number of hydrogen-bond donors (Lipinski definition) is 2. The number of ether oxygens (including phenoxy) is 1. The smallest absolute Gasteiger partial charge is 0.246 e. The first-order chi connectivity index (χ1) is 8.28. The predicted molar refractivity (Wildman–Crippen MR) is 66.5 cm³/mol.